The third-order valence-electron chi connectivity index (χ3n) is 4.15. The van der Waals surface area contributed by atoms with Crippen molar-refractivity contribution in [2.75, 3.05) is 0 Å². The molecular weight excluding hydrogens is 310 g/mol. The predicted octanol–water partition coefficient (Wildman–Crippen LogP) is 2.71. The van der Waals surface area contributed by atoms with E-state index in [-0.39, 0.29) is 5.75 Å². The Morgan fingerprint density at radius 3 is 2.26 bits per heavy atom. The van der Waals surface area contributed by atoms with Crippen molar-refractivity contribution < 1.29 is 13.2 Å². The topological polar surface area (TPSA) is 77.2 Å². The molecule has 1 saturated carbocycles. The fourth-order valence-electron chi connectivity index (χ4n) is 2.93. The SMILES string of the molecule is NC(=O)C(c1ccccc1)S(=O)(=O)Cc1ccccc1C1CC1. The van der Waals surface area contributed by atoms with Crippen LogP contribution in [0.15, 0.2) is 54.6 Å². The second kappa shape index (κ2) is 6.16. The van der Waals surface area contributed by atoms with Crippen LogP contribution in [0.1, 0.15) is 40.7 Å². The number of primary amides is 1. The summed E-state index contributed by atoms with van der Waals surface area (Å²) in [7, 11) is -3.73. The molecule has 2 N–H and O–H groups in total. The lowest BCUT2D eigenvalue weighted by molar-refractivity contribution is -0.117. The van der Waals surface area contributed by atoms with Gasteiger partial charge in [-0.2, -0.15) is 0 Å². The molecule has 0 saturated heterocycles. The van der Waals surface area contributed by atoms with Gasteiger partial charge in [0, 0.05) is 0 Å². The van der Waals surface area contributed by atoms with Gasteiger partial charge in [-0.15, -0.1) is 0 Å². The molecule has 0 aliphatic heterocycles. The Morgan fingerprint density at radius 1 is 1.04 bits per heavy atom. The van der Waals surface area contributed by atoms with E-state index >= 15 is 0 Å². The predicted molar refractivity (Wildman–Crippen MR) is 89.4 cm³/mol. The maximum Gasteiger partial charge on any atom is 0.240 e. The maximum absolute atomic E-state index is 12.8. The fourth-order valence-corrected chi connectivity index (χ4v) is 4.72. The first kappa shape index (κ1) is 15.7. The van der Waals surface area contributed by atoms with Crippen LogP contribution < -0.4 is 5.73 Å². The highest BCUT2D eigenvalue weighted by Crippen LogP contribution is 2.42. The van der Waals surface area contributed by atoms with E-state index in [2.05, 4.69) is 0 Å². The quantitative estimate of drug-likeness (QED) is 0.885. The van der Waals surface area contributed by atoms with E-state index in [4.69, 9.17) is 5.73 Å². The smallest absolute Gasteiger partial charge is 0.240 e. The van der Waals surface area contributed by atoms with Crippen molar-refractivity contribution in [2.45, 2.75) is 29.8 Å². The molecule has 0 aromatic heterocycles. The molecule has 1 aliphatic rings. The van der Waals surface area contributed by atoms with E-state index in [0.29, 0.717) is 11.5 Å². The van der Waals surface area contributed by atoms with Gasteiger partial charge in [0.25, 0.3) is 0 Å². The largest absolute Gasteiger partial charge is 0.368 e. The number of hydrogen-bond acceptors (Lipinski definition) is 3. The summed E-state index contributed by atoms with van der Waals surface area (Å²) in [4.78, 5) is 11.8. The molecule has 0 bridgehead atoms. The molecule has 1 amide bonds. The lowest BCUT2D eigenvalue weighted by atomic mass is 10.1. The van der Waals surface area contributed by atoms with Crippen LogP contribution in [0, 0.1) is 0 Å². The first-order valence-electron chi connectivity index (χ1n) is 7.62. The van der Waals surface area contributed by atoms with Crippen molar-refractivity contribution in [2.24, 2.45) is 5.73 Å². The van der Waals surface area contributed by atoms with Gasteiger partial charge in [0.05, 0.1) is 5.75 Å². The summed E-state index contributed by atoms with van der Waals surface area (Å²) < 4.78 is 25.7. The average molecular weight is 329 g/mol. The Bertz CT molecular complexity index is 811. The van der Waals surface area contributed by atoms with Gasteiger partial charge in [0.15, 0.2) is 15.1 Å². The first-order valence-corrected chi connectivity index (χ1v) is 9.34. The molecule has 1 aliphatic carbocycles. The van der Waals surface area contributed by atoms with E-state index in [9.17, 15) is 13.2 Å². The number of hydrogen-bond donors (Lipinski definition) is 1. The molecule has 120 valence electrons. The summed E-state index contributed by atoms with van der Waals surface area (Å²) in [5.41, 5.74) is 7.67. The molecule has 2 aromatic carbocycles. The molecule has 0 heterocycles. The fraction of sp³-hybridized carbons (Fsp3) is 0.278. The van der Waals surface area contributed by atoms with Gasteiger partial charge < -0.3 is 5.73 Å². The summed E-state index contributed by atoms with van der Waals surface area (Å²) >= 11 is 0. The molecular formula is C18H19NO3S. The number of sulfone groups is 1. The normalized spacial score (nSPS) is 16.0. The van der Waals surface area contributed by atoms with Crippen molar-refractivity contribution in [3.63, 3.8) is 0 Å². The van der Waals surface area contributed by atoms with Crippen LogP contribution in [-0.2, 0) is 20.4 Å². The Morgan fingerprint density at radius 2 is 1.65 bits per heavy atom. The Labute approximate surface area is 136 Å². The summed E-state index contributed by atoms with van der Waals surface area (Å²) in [5, 5.41) is -1.31. The van der Waals surface area contributed by atoms with Crippen LogP contribution in [0.4, 0.5) is 0 Å². The van der Waals surface area contributed by atoms with E-state index in [1.807, 2.05) is 24.3 Å². The molecule has 2 aromatic rings. The highest BCUT2D eigenvalue weighted by atomic mass is 32.2. The molecule has 3 rings (SSSR count). The molecule has 4 nitrogen and oxygen atoms in total. The second-order valence-corrected chi connectivity index (χ2v) is 8.06. The summed E-state index contributed by atoms with van der Waals surface area (Å²) in [6, 6.07) is 16.0. The van der Waals surface area contributed by atoms with Crippen LogP contribution >= 0.6 is 0 Å². The third kappa shape index (κ3) is 3.45. The number of amides is 1. The second-order valence-electron chi connectivity index (χ2n) is 5.97. The van der Waals surface area contributed by atoms with Crippen molar-refractivity contribution >= 4 is 15.7 Å². The van der Waals surface area contributed by atoms with Crippen molar-refractivity contribution in [1.29, 1.82) is 0 Å². The average Bonchev–Trinajstić information content (AvgIpc) is 3.32. The minimum Gasteiger partial charge on any atom is -0.368 e. The molecule has 23 heavy (non-hydrogen) atoms. The van der Waals surface area contributed by atoms with Gasteiger partial charge in [0.1, 0.15) is 0 Å². The Balaban J connectivity index is 1.95. The Hall–Kier alpha value is -2.14. The van der Waals surface area contributed by atoms with E-state index < -0.39 is 21.0 Å². The van der Waals surface area contributed by atoms with Crippen molar-refractivity contribution in [3.8, 4) is 0 Å². The van der Waals surface area contributed by atoms with Crippen molar-refractivity contribution in [1.82, 2.24) is 0 Å². The molecule has 1 fully saturated rings. The Kier molecular flexibility index (Phi) is 4.22. The van der Waals surface area contributed by atoms with Gasteiger partial charge in [0.2, 0.25) is 5.91 Å². The number of benzene rings is 2. The minimum atomic E-state index is -3.73. The van der Waals surface area contributed by atoms with Crippen LogP contribution in [0.5, 0.6) is 0 Å². The van der Waals surface area contributed by atoms with Crippen LogP contribution in [-0.4, -0.2) is 14.3 Å². The standard InChI is InChI=1S/C18H19NO3S/c19-18(20)17(14-6-2-1-3-7-14)23(21,22)12-15-8-4-5-9-16(15)13-10-11-13/h1-9,13,17H,10-12H2,(H2,19,20). The lowest BCUT2D eigenvalue weighted by Gasteiger charge is -2.16. The summed E-state index contributed by atoms with van der Waals surface area (Å²) in [6.07, 6.45) is 2.18. The van der Waals surface area contributed by atoms with Gasteiger partial charge in [-0.05, 0) is 35.4 Å². The monoisotopic (exact) mass is 329 g/mol. The number of carbonyl (C=O) groups excluding carboxylic acids is 1. The van der Waals surface area contributed by atoms with Gasteiger partial charge in [-0.25, -0.2) is 8.42 Å². The molecule has 0 radical (unpaired) electrons. The first-order chi connectivity index (χ1) is 11.0. The molecule has 5 heteroatoms. The van der Waals surface area contributed by atoms with Gasteiger partial charge >= 0.3 is 0 Å². The maximum atomic E-state index is 12.8. The lowest BCUT2D eigenvalue weighted by Crippen LogP contribution is -2.29. The van der Waals surface area contributed by atoms with Gasteiger partial charge in [-0.1, -0.05) is 54.6 Å². The van der Waals surface area contributed by atoms with E-state index in [0.717, 1.165) is 24.0 Å². The number of nitrogens with two attached hydrogens (primary N) is 1. The summed E-state index contributed by atoms with van der Waals surface area (Å²) in [5.74, 6) is -0.549. The highest BCUT2D eigenvalue weighted by molar-refractivity contribution is 7.91. The summed E-state index contributed by atoms with van der Waals surface area (Å²) in [6.45, 7) is 0. The van der Waals surface area contributed by atoms with E-state index in [1.165, 1.54) is 0 Å². The highest BCUT2D eigenvalue weighted by Gasteiger charge is 2.34. The minimum absolute atomic E-state index is 0.165. The zero-order chi connectivity index (χ0) is 16.4. The van der Waals surface area contributed by atoms with Crippen LogP contribution in [0.2, 0.25) is 0 Å². The van der Waals surface area contributed by atoms with Gasteiger partial charge in [-0.3, -0.25) is 4.79 Å². The molecule has 1 unspecified atom stereocenters. The zero-order valence-corrected chi connectivity index (χ0v) is 13.5. The van der Waals surface area contributed by atoms with Crippen molar-refractivity contribution in [3.05, 3.63) is 71.3 Å². The van der Waals surface area contributed by atoms with Crippen LogP contribution in [0.3, 0.4) is 0 Å². The molecule has 0 spiro atoms. The van der Waals surface area contributed by atoms with E-state index in [1.54, 1.807) is 30.3 Å². The zero-order valence-electron chi connectivity index (χ0n) is 12.7. The van der Waals surface area contributed by atoms with Crippen LogP contribution in [0.25, 0.3) is 0 Å². The number of carbonyl (C=O) groups is 1. The number of rotatable bonds is 6. The molecule has 1 atom stereocenters. The third-order valence-corrected chi connectivity index (χ3v) is 6.08.